The molecule has 0 aliphatic carbocycles. The Morgan fingerprint density at radius 2 is 2.09 bits per heavy atom. The van der Waals surface area contributed by atoms with Gasteiger partial charge in [-0.3, -0.25) is 0 Å². The van der Waals surface area contributed by atoms with Gasteiger partial charge in [-0.1, -0.05) is 30.3 Å². The Balaban J connectivity index is 1.78. The fraction of sp³-hybridized carbons (Fsp3) is 0.235. The number of anilines is 1. The van der Waals surface area contributed by atoms with Gasteiger partial charge < -0.3 is 10.2 Å². The molecule has 1 heterocycles. The Morgan fingerprint density at radius 1 is 1.27 bits per heavy atom. The highest BCUT2D eigenvalue weighted by atomic mass is 32.2. The number of nitrogens with one attached hydrogen (secondary N) is 1. The summed E-state index contributed by atoms with van der Waals surface area (Å²) in [7, 11) is 0. The fourth-order valence-corrected chi connectivity index (χ4v) is 3.81. The largest absolute Gasteiger partial charge is 0.323 e. The van der Waals surface area contributed by atoms with E-state index in [0.29, 0.717) is 12.1 Å². The third kappa shape index (κ3) is 3.09. The van der Waals surface area contributed by atoms with Crippen molar-refractivity contribution in [2.75, 3.05) is 17.6 Å². The molecule has 114 valence electrons. The van der Waals surface area contributed by atoms with Crippen LogP contribution >= 0.6 is 11.8 Å². The van der Waals surface area contributed by atoms with Crippen LogP contribution in [-0.4, -0.2) is 23.2 Å². The van der Waals surface area contributed by atoms with E-state index >= 15 is 0 Å². The van der Waals surface area contributed by atoms with E-state index in [9.17, 15) is 9.18 Å². The molecule has 5 heteroatoms. The van der Waals surface area contributed by atoms with Crippen molar-refractivity contribution < 1.29 is 9.18 Å². The molecule has 0 unspecified atom stereocenters. The summed E-state index contributed by atoms with van der Waals surface area (Å²) < 4.78 is 14.0. The van der Waals surface area contributed by atoms with E-state index in [4.69, 9.17) is 0 Å². The van der Waals surface area contributed by atoms with Crippen molar-refractivity contribution >= 4 is 23.5 Å². The summed E-state index contributed by atoms with van der Waals surface area (Å²) in [4.78, 5) is 14.2. The molecular formula is C17H17FN2OS. The average molecular weight is 316 g/mol. The number of hydrogen-bond acceptors (Lipinski definition) is 2. The summed E-state index contributed by atoms with van der Waals surface area (Å²) in [6.45, 7) is 2.59. The molecule has 1 aliphatic heterocycles. The summed E-state index contributed by atoms with van der Waals surface area (Å²) in [5, 5.41) is 2.62. The van der Waals surface area contributed by atoms with Crippen LogP contribution in [0.2, 0.25) is 0 Å². The van der Waals surface area contributed by atoms with Gasteiger partial charge in [-0.15, -0.1) is 11.8 Å². The quantitative estimate of drug-likeness (QED) is 0.890. The maximum absolute atomic E-state index is 14.0. The van der Waals surface area contributed by atoms with Gasteiger partial charge in [0.25, 0.3) is 0 Å². The molecule has 1 saturated heterocycles. The molecule has 0 bridgehead atoms. The van der Waals surface area contributed by atoms with Crippen molar-refractivity contribution in [1.82, 2.24) is 4.90 Å². The van der Waals surface area contributed by atoms with E-state index < -0.39 is 0 Å². The third-order valence-electron chi connectivity index (χ3n) is 3.59. The van der Waals surface area contributed by atoms with E-state index in [1.54, 1.807) is 34.9 Å². The molecule has 0 aromatic heterocycles. The predicted molar refractivity (Wildman–Crippen MR) is 88.5 cm³/mol. The van der Waals surface area contributed by atoms with E-state index in [0.717, 1.165) is 17.0 Å². The van der Waals surface area contributed by atoms with Crippen LogP contribution in [0, 0.1) is 12.7 Å². The molecule has 1 aliphatic rings. The van der Waals surface area contributed by atoms with Crippen LogP contribution in [0.3, 0.4) is 0 Å². The molecule has 2 aromatic rings. The molecule has 0 spiro atoms. The SMILES string of the molecule is Cc1cccc(NC(=O)N2CCS[C@@H]2c2ccccc2F)c1. The van der Waals surface area contributed by atoms with E-state index in [2.05, 4.69) is 5.32 Å². The van der Waals surface area contributed by atoms with Gasteiger partial charge in [-0.2, -0.15) is 0 Å². The monoisotopic (exact) mass is 316 g/mol. The van der Waals surface area contributed by atoms with E-state index in [-0.39, 0.29) is 17.2 Å². The first-order valence-corrected chi connectivity index (χ1v) is 8.20. The molecule has 1 atom stereocenters. The summed E-state index contributed by atoms with van der Waals surface area (Å²) >= 11 is 1.58. The van der Waals surface area contributed by atoms with Crippen LogP contribution in [0.15, 0.2) is 48.5 Å². The van der Waals surface area contributed by atoms with Crippen molar-refractivity contribution in [2.45, 2.75) is 12.3 Å². The van der Waals surface area contributed by atoms with Gasteiger partial charge in [0.15, 0.2) is 0 Å². The second kappa shape index (κ2) is 6.40. The summed E-state index contributed by atoms with van der Waals surface area (Å²) in [5.74, 6) is 0.538. The normalized spacial score (nSPS) is 17.5. The van der Waals surface area contributed by atoms with Crippen molar-refractivity contribution in [3.8, 4) is 0 Å². The Kier molecular flexibility index (Phi) is 4.34. The number of benzene rings is 2. The minimum Gasteiger partial charge on any atom is -0.308 e. The molecular weight excluding hydrogens is 299 g/mol. The van der Waals surface area contributed by atoms with Gasteiger partial charge in [0, 0.05) is 23.5 Å². The second-order valence-corrected chi connectivity index (χ2v) is 6.43. The number of aryl methyl sites for hydroxylation is 1. The van der Waals surface area contributed by atoms with Crippen molar-refractivity contribution in [3.05, 3.63) is 65.5 Å². The molecule has 1 N–H and O–H groups in total. The average Bonchev–Trinajstić information content (AvgIpc) is 2.97. The smallest absolute Gasteiger partial charge is 0.308 e. The highest BCUT2D eigenvalue weighted by Crippen LogP contribution is 2.39. The van der Waals surface area contributed by atoms with Gasteiger partial charge in [-0.25, -0.2) is 9.18 Å². The minimum absolute atomic E-state index is 0.191. The van der Waals surface area contributed by atoms with Crippen molar-refractivity contribution in [2.24, 2.45) is 0 Å². The second-order valence-electron chi connectivity index (χ2n) is 5.24. The number of rotatable bonds is 2. The highest BCUT2D eigenvalue weighted by Gasteiger charge is 2.32. The minimum atomic E-state index is -0.272. The highest BCUT2D eigenvalue weighted by molar-refractivity contribution is 7.99. The molecule has 0 radical (unpaired) electrons. The third-order valence-corrected chi connectivity index (χ3v) is 4.83. The fourth-order valence-electron chi connectivity index (χ4n) is 2.53. The van der Waals surface area contributed by atoms with Crippen molar-refractivity contribution in [1.29, 1.82) is 0 Å². The maximum atomic E-state index is 14.0. The first-order valence-electron chi connectivity index (χ1n) is 7.15. The lowest BCUT2D eigenvalue weighted by molar-refractivity contribution is 0.213. The Hall–Kier alpha value is -2.01. The Morgan fingerprint density at radius 3 is 2.86 bits per heavy atom. The first-order chi connectivity index (χ1) is 10.6. The molecule has 2 amide bonds. The van der Waals surface area contributed by atoms with E-state index in [1.165, 1.54) is 6.07 Å². The van der Waals surface area contributed by atoms with Crippen LogP contribution in [0.4, 0.5) is 14.9 Å². The van der Waals surface area contributed by atoms with Crippen molar-refractivity contribution in [3.63, 3.8) is 0 Å². The number of hydrogen-bond donors (Lipinski definition) is 1. The number of thioether (sulfide) groups is 1. The molecule has 22 heavy (non-hydrogen) atoms. The lowest BCUT2D eigenvalue weighted by atomic mass is 10.2. The molecule has 2 aromatic carbocycles. The van der Waals surface area contributed by atoms with Crippen LogP contribution in [0.25, 0.3) is 0 Å². The summed E-state index contributed by atoms with van der Waals surface area (Å²) in [6, 6.07) is 14.1. The lowest BCUT2D eigenvalue weighted by Crippen LogP contribution is -2.34. The maximum Gasteiger partial charge on any atom is 0.323 e. The van der Waals surface area contributed by atoms with E-state index in [1.807, 2.05) is 31.2 Å². The van der Waals surface area contributed by atoms with Crippen LogP contribution in [-0.2, 0) is 0 Å². The van der Waals surface area contributed by atoms with Gasteiger partial charge in [-0.05, 0) is 30.7 Å². The lowest BCUT2D eigenvalue weighted by Gasteiger charge is -2.24. The van der Waals surface area contributed by atoms with Gasteiger partial charge in [0.2, 0.25) is 0 Å². The Bertz CT molecular complexity index is 692. The molecule has 1 fully saturated rings. The van der Waals surface area contributed by atoms with Crippen LogP contribution in [0.1, 0.15) is 16.5 Å². The Labute approximate surface area is 133 Å². The zero-order valence-electron chi connectivity index (χ0n) is 12.3. The number of urea groups is 1. The molecule has 0 saturated carbocycles. The number of amides is 2. The zero-order valence-corrected chi connectivity index (χ0v) is 13.1. The number of nitrogens with zero attached hydrogens (tertiary/aromatic N) is 1. The summed E-state index contributed by atoms with van der Waals surface area (Å²) in [5.41, 5.74) is 2.40. The van der Waals surface area contributed by atoms with Gasteiger partial charge in [0.05, 0.1) is 0 Å². The first kappa shape index (κ1) is 14.9. The number of carbonyl (C=O) groups is 1. The van der Waals surface area contributed by atoms with Gasteiger partial charge in [0.1, 0.15) is 11.2 Å². The predicted octanol–water partition coefficient (Wildman–Crippen LogP) is 4.41. The standard InChI is InChI=1S/C17H17FN2OS/c1-12-5-4-6-13(11-12)19-17(21)20-9-10-22-16(20)14-7-2-3-8-15(14)18/h2-8,11,16H,9-10H2,1H3,(H,19,21)/t16-/m1/s1. The number of carbonyl (C=O) groups excluding carboxylic acids is 1. The number of halogens is 1. The molecule has 3 rings (SSSR count). The van der Waals surface area contributed by atoms with Crippen LogP contribution in [0.5, 0.6) is 0 Å². The zero-order chi connectivity index (χ0) is 15.5. The van der Waals surface area contributed by atoms with Gasteiger partial charge >= 0.3 is 6.03 Å². The van der Waals surface area contributed by atoms with Crippen LogP contribution < -0.4 is 5.32 Å². The topological polar surface area (TPSA) is 32.3 Å². The summed E-state index contributed by atoms with van der Waals surface area (Å²) in [6.07, 6.45) is 0. The molecule has 3 nitrogen and oxygen atoms in total.